The highest BCUT2D eigenvalue weighted by Crippen LogP contribution is 2.28. The van der Waals surface area contributed by atoms with Crippen LogP contribution in [0.5, 0.6) is 0 Å². The van der Waals surface area contributed by atoms with E-state index in [1.54, 1.807) is 10.4 Å². The van der Waals surface area contributed by atoms with Gasteiger partial charge in [-0.15, -0.1) is 0 Å². The van der Waals surface area contributed by atoms with Crippen LogP contribution in [0.25, 0.3) is 0 Å². The molecule has 0 bridgehead atoms. The predicted molar refractivity (Wildman–Crippen MR) is 88.4 cm³/mol. The molecule has 2 aliphatic rings. The fourth-order valence-electron chi connectivity index (χ4n) is 3.18. The van der Waals surface area contributed by atoms with Gasteiger partial charge >= 0.3 is 0 Å². The molecule has 22 heavy (non-hydrogen) atoms. The Bertz CT molecular complexity index is 630. The van der Waals surface area contributed by atoms with Gasteiger partial charge in [0.05, 0.1) is 4.90 Å². The van der Waals surface area contributed by atoms with Crippen LogP contribution in [-0.2, 0) is 10.0 Å². The van der Waals surface area contributed by atoms with Gasteiger partial charge in [-0.05, 0) is 63.6 Å². The maximum absolute atomic E-state index is 12.8. The third kappa shape index (κ3) is 3.53. The lowest BCUT2D eigenvalue weighted by Gasteiger charge is -2.32. The van der Waals surface area contributed by atoms with Gasteiger partial charge in [0.2, 0.25) is 10.0 Å². The number of aryl methyl sites for hydroxylation is 2. The van der Waals surface area contributed by atoms with Crippen molar-refractivity contribution in [2.75, 3.05) is 19.6 Å². The number of nitrogens with zero attached hydrogens (tertiary/aromatic N) is 1. The second kappa shape index (κ2) is 6.30. The monoisotopic (exact) mass is 322 g/mol. The minimum atomic E-state index is -3.35. The minimum absolute atomic E-state index is 0.461. The molecule has 122 valence electrons. The van der Waals surface area contributed by atoms with Gasteiger partial charge in [-0.3, -0.25) is 0 Å². The quantitative estimate of drug-likeness (QED) is 0.906. The van der Waals surface area contributed by atoms with Gasteiger partial charge < -0.3 is 5.32 Å². The standard InChI is InChI=1S/C17H26N2O2S/c1-13-3-6-17(14(2)11-13)22(20,21)19-9-7-16(8-10-19)18-12-15-4-5-15/h3,6,11,15-16,18H,4-5,7-10,12H2,1-2H3. The summed E-state index contributed by atoms with van der Waals surface area (Å²) in [5.41, 5.74) is 1.94. The van der Waals surface area contributed by atoms with Crippen LogP contribution in [0.1, 0.15) is 36.8 Å². The number of rotatable bonds is 5. The van der Waals surface area contributed by atoms with Crippen molar-refractivity contribution in [3.63, 3.8) is 0 Å². The van der Waals surface area contributed by atoms with Crippen LogP contribution in [-0.4, -0.2) is 38.4 Å². The highest BCUT2D eigenvalue weighted by molar-refractivity contribution is 7.89. The van der Waals surface area contributed by atoms with Crippen molar-refractivity contribution in [3.05, 3.63) is 29.3 Å². The molecule has 0 atom stereocenters. The molecular formula is C17H26N2O2S. The molecule has 1 aliphatic carbocycles. The zero-order valence-corrected chi connectivity index (χ0v) is 14.3. The normalized spacial score (nSPS) is 21.2. The summed E-state index contributed by atoms with van der Waals surface area (Å²) in [5, 5.41) is 3.59. The number of nitrogens with one attached hydrogen (secondary N) is 1. The Balaban J connectivity index is 1.63. The lowest BCUT2D eigenvalue weighted by Crippen LogP contribution is -2.45. The van der Waals surface area contributed by atoms with Crippen molar-refractivity contribution < 1.29 is 8.42 Å². The van der Waals surface area contributed by atoms with Gasteiger partial charge in [0.25, 0.3) is 0 Å². The molecule has 1 N–H and O–H groups in total. The van der Waals surface area contributed by atoms with Crippen LogP contribution in [0.2, 0.25) is 0 Å². The third-order valence-electron chi connectivity index (χ3n) is 4.79. The molecule has 0 spiro atoms. The Morgan fingerprint density at radius 2 is 1.82 bits per heavy atom. The second-order valence-corrected chi connectivity index (χ2v) is 8.71. The van der Waals surface area contributed by atoms with Crippen LogP contribution < -0.4 is 5.32 Å². The van der Waals surface area contributed by atoms with Crippen molar-refractivity contribution in [1.82, 2.24) is 9.62 Å². The molecule has 2 fully saturated rings. The summed E-state index contributed by atoms with van der Waals surface area (Å²) in [7, 11) is -3.35. The molecule has 1 aromatic rings. The van der Waals surface area contributed by atoms with Crippen molar-refractivity contribution >= 4 is 10.0 Å². The molecule has 1 aliphatic heterocycles. The molecule has 1 aromatic carbocycles. The molecule has 4 nitrogen and oxygen atoms in total. The zero-order valence-electron chi connectivity index (χ0n) is 13.5. The van der Waals surface area contributed by atoms with Crippen molar-refractivity contribution in [3.8, 4) is 0 Å². The van der Waals surface area contributed by atoms with E-state index in [1.165, 1.54) is 12.8 Å². The van der Waals surface area contributed by atoms with Crippen molar-refractivity contribution in [2.45, 2.75) is 50.5 Å². The van der Waals surface area contributed by atoms with E-state index in [0.717, 1.165) is 36.4 Å². The average molecular weight is 322 g/mol. The van der Waals surface area contributed by atoms with Gasteiger partial charge in [0.15, 0.2) is 0 Å². The highest BCUT2D eigenvalue weighted by Gasteiger charge is 2.31. The molecule has 0 radical (unpaired) electrons. The summed E-state index contributed by atoms with van der Waals surface area (Å²) < 4.78 is 27.3. The maximum atomic E-state index is 12.8. The number of piperidine rings is 1. The smallest absolute Gasteiger partial charge is 0.243 e. The van der Waals surface area contributed by atoms with Crippen LogP contribution in [0.4, 0.5) is 0 Å². The topological polar surface area (TPSA) is 49.4 Å². The number of hydrogen-bond acceptors (Lipinski definition) is 3. The second-order valence-electron chi connectivity index (χ2n) is 6.80. The molecule has 3 rings (SSSR count). The van der Waals surface area contributed by atoms with E-state index in [2.05, 4.69) is 5.32 Å². The molecule has 0 unspecified atom stereocenters. The number of sulfonamides is 1. The first kappa shape index (κ1) is 16.0. The van der Waals surface area contributed by atoms with Gasteiger partial charge in [-0.1, -0.05) is 17.7 Å². The van der Waals surface area contributed by atoms with Crippen LogP contribution in [0.3, 0.4) is 0 Å². The summed E-state index contributed by atoms with van der Waals surface area (Å²) in [5.74, 6) is 0.872. The number of benzene rings is 1. The summed E-state index contributed by atoms with van der Waals surface area (Å²) >= 11 is 0. The summed E-state index contributed by atoms with van der Waals surface area (Å²) in [6.07, 6.45) is 4.54. The van der Waals surface area contributed by atoms with Gasteiger partial charge in [-0.2, -0.15) is 4.31 Å². The molecule has 1 saturated heterocycles. The van der Waals surface area contributed by atoms with E-state index < -0.39 is 10.0 Å². The van der Waals surface area contributed by atoms with E-state index in [4.69, 9.17) is 0 Å². The Morgan fingerprint density at radius 3 is 2.41 bits per heavy atom. The summed E-state index contributed by atoms with van der Waals surface area (Å²) in [6.45, 7) is 6.22. The van der Waals surface area contributed by atoms with E-state index in [1.807, 2.05) is 26.0 Å². The van der Waals surface area contributed by atoms with Crippen molar-refractivity contribution in [1.29, 1.82) is 0 Å². The fourth-order valence-corrected chi connectivity index (χ4v) is 4.86. The zero-order chi connectivity index (χ0) is 15.7. The summed E-state index contributed by atoms with van der Waals surface area (Å²) in [6, 6.07) is 6.05. The molecule has 0 amide bonds. The lowest BCUT2D eigenvalue weighted by atomic mass is 10.1. The third-order valence-corrected chi connectivity index (χ3v) is 6.85. The lowest BCUT2D eigenvalue weighted by molar-refractivity contribution is 0.288. The SMILES string of the molecule is Cc1ccc(S(=O)(=O)N2CCC(NCC3CC3)CC2)c(C)c1. The van der Waals surface area contributed by atoms with Gasteiger partial charge in [0, 0.05) is 19.1 Å². The number of hydrogen-bond donors (Lipinski definition) is 1. The fraction of sp³-hybridized carbons (Fsp3) is 0.647. The Labute approximate surface area is 134 Å². The largest absolute Gasteiger partial charge is 0.314 e. The van der Waals surface area contributed by atoms with Crippen molar-refractivity contribution in [2.24, 2.45) is 5.92 Å². The van der Waals surface area contributed by atoms with Crippen LogP contribution >= 0.6 is 0 Å². The highest BCUT2D eigenvalue weighted by atomic mass is 32.2. The van der Waals surface area contributed by atoms with Gasteiger partial charge in [0.1, 0.15) is 0 Å². The molecule has 1 heterocycles. The van der Waals surface area contributed by atoms with E-state index in [9.17, 15) is 8.42 Å². The minimum Gasteiger partial charge on any atom is -0.314 e. The summed E-state index contributed by atoms with van der Waals surface area (Å²) in [4.78, 5) is 0.461. The van der Waals surface area contributed by atoms with Crippen LogP contribution in [0.15, 0.2) is 23.1 Å². The maximum Gasteiger partial charge on any atom is 0.243 e. The average Bonchev–Trinajstić information content (AvgIpc) is 3.29. The first-order chi connectivity index (χ1) is 10.5. The predicted octanol–water partition coefficient (Wildman–Crippen LogP) is 2.46. The molecule has 5 heteroatoms. The first-order valence-corrected chi connectivity index (χ1v) is 9.71. The van der Waals surface area contributed by atoms with E-state index in [-0.39, 0.29) is 0 Å². The van der Waals surface area contributed by atoms with E-state index >= 15 is 0 Å². The first-order valence-electron chi connectivity index (χ1n) is 8.27. The van der Waals surface area contributed by atoms with Crippen LogP contribution in [0, 0.1) is 19.8 Å². The molecule has 0 aromatic heterocycles. The van der Waals surface area contributed by atoms with E-state index in [0.29, 0.717) is 24.0 Å². The molecule has 1 saturated carbocycles. The molecular weight excluding hydrogens is 296 g/mol. The Hall–Kier alpha value is -0.910. The Kier molecular flexibility index (Phi) is 4.57. The Morgan fingerprint density at radius 1 is 1.14 bits per heavy atom. The van der Waals surface area contributed by atoms with Gasteiger partial charge in [-0.25, -0.2) is 8.42 Å².